The third-order valence-electron chi connectivity index (χ3n) is 4.67. The molecule has 2 unspecified atom stereocenters. The van der Waals surface area contributed by atoms with Gasteiger partial charge in [0, 0.05) is 24.4 Å². The number of benzene rings is 2. The molecule has 0 heterocycles. The summed E-state index contributed by atoms with van der Waals surface area (Å²) in [5.41, 5.74) is 2.95. The molecule has 2 N–H and O–H groups in total. The van der Waals surface area contributed by atoms with Crippen LogP contribution in [0.2, 0.25) is 5.02 Å². The van der Waals surface area contributed by atoms with Gasteiger partial charge >= 0.3 is 0 Å². The third kappa shape index (κ3) is 6.05. The first-order chi connectivity index (χ1) is 14.1. The summed E-state index contributed by atoms with van der Waals surface area (Å²) in [5.74, 6) is -1.27. The van der Waals surface area contributed by atoms with Gasteiger partial charge in [-0.15, -0.1) is 0 Å². The molecule has 0 radical (unpaired) electrons. The molecule has 0 aromatic heterocycles. The summed E-state index contributed by atoms with van der Waals surface area (Å²) in [6.07, 6.45) is 0.136. The SMILES string of the molecule is COc1c(Cl)cc(C(C)C)c(/C=C/C(O)CC(O)CC(=O)[O-])c1-c1ccc(F)cc1. The van der Waals surface area contributed by atoms with Gasteiger partial charge in [0.2, 0.25) is 0 Å². The second kappa shape index (κ2) is 10.6. The molecule has 0 saturated heterocycles. The van der Waals surface area contributed by atoms with Crippen LogP contribution >= 0.6 is 11.6 Å². The van der Waals surface area contributed by atoms with Crippen LogP contribution in [-0.2, 0) is 4.79 Å². The maximum Gasteiger partial charge on any atom is 0.145 e. The lowest BCUT2D eigenvalue weighted by Crippen LogP contribution is -2.29. The van der Waals surface area contributed by atoms with Crippen molar-refractivity contribution in [3.8, 4) is 16.9 Å². The van der Waals surface area contributed by atoms with E-state index in [-0.39, 0.29) is 18.2 Å². The number of carboxylic acids is 1. The maximum absolute atomic E-state index is 13.5. The molecule has 0 amide bonds. The van der Waals surface area contributed by atoms with Crippen molar-refractivity contribution in [3.63, 3.8) is 0 Å². The molecule has 2 aromatic carbocycles. The Balaban J connectivity index is 2.55. The number of halogens is 2. The Kier molecular flexibility index (Phi) is 8.41. The largest absolute Gasteiger partial charge is 0.550 e. The third-order valence-corrected chi connectivity index (χ3v) is 4.95. The van der Waals surface area contributed by atoms with Gasteiger partial charge in [-0.1, -0.05) is 49.7 Å². The van der Waals surface area contributed by atoms with Crippen molar-refractivity contribution in [2.24, 2.45) is 0 Å². The number of carbonyl (C=O) groups excluding carboxylic acids is 1. The number of rotatable bonds is 9. The van der Waals surface area contributed by atoms with Gasteiger partial charge in [-0.25, -0.2) is 4.39 Å². The molecule has 2 atom stereocenters. The average Bonchev–Trinajstić information content (AvgIpc) is 2.66. The molecule has 0 aliphatic rings. The zero-order valence-corrected chi connectivity index (χ0v) is 17.8. The first-order valence-corrected chi connectivity index (χ1v) is 9.92. The first kappa shape index (κ1) is 23.9. The molecule has 0 spiro atoms. The second-order valence-electron chi connectivity index (χ2n) is 7.32. The Hall–Kier alpha value is -2.41. The predicted molar refractivity (Wildman–Crippen MR) is 113 cm³/mol. The van der Waals surface area contributed by atoms with Crippen LogP contribution in [-0.4, -0.2) is 35.5 Å². The monoisotopic (exact) mass is 435 g/mol. The minimum Gasteiger partial charge on any atom is -0.550 e. The quantitative estimate of drug-likeness (QED) is 0.628. The fraction of sp³-hybridized carbons (Fsp3) is 0.348. The molecule has 5 nitrogen and oxygen atoms in total. The summed E-state index contributed by atoms with van der Waals surface area (Å²) in [4.78, 5) is 10.6. The van der Waals surface area contributed by atoms with Crippen LogP contribution in [0.1, 0.15) is 43.7 Å². The van der Waals surface area contributed by atoms with E-state index in [1.54, 1.807) is 24.3 Å². The standard InChI is InChI=1S/C23H26ClFO5/c1-13(2)19-12-20(24)23(30-3)22(14-4-6-15(25)7-5-14)18(19)9-8-16(26)10-17(27)11-21(28)29/h4-9,12-13,16-17,26-27H,10-11H2,1-3H3,(H,28,29)/p-1/b9-8+. The van der Waals surface area contributed by atoms with E-state index in [9.17, 15) is 24.5 Å². The Bertz CT molecular complexity index is 909. The van der Waals surface area contributed by atoms with Crippen LogP contribution in [0.3, 0.4) is 0 Å². The number of carboxylic acid groups (broad SMARTS) is 1. The zero-order valence-electron chi connectivity index (χ0n) is 17.1. The smallest absolute Gasteiger partial charge is 0.145 e. The van der Waals surface area contributed by atoms with Crippen LogP contribution in [0.25, 0.3) is 17.2 Å². The summed E-state index contributed by atoms with van der Waals surface area (Å²) >= 11 is 6.44. The van der Waals surface area contributed by atoms with Gasteiger partial charge in [-0.05, 0) is 40.8 Å². The molecular formula is C23H25ClFO5-. The van der Waals surface area contributed by atoms with Crippen LogP contribution in [0.5, 0.6) is 5.75 Å². The summed E-state index contributed by atoms with van der Waals surface area (Å²) < 4.78 is 19.0. The van der Waals surface area contributed by atoms with Gasteiger partial charge < -0.3 is 24.9 Å². The Morgan fingerprint density at radius 1 is 1.27 bits per heavy atom. The van der Waals surface area contributed by atoms with E-state index in [1.165, 1.54) is 25.3 Å². The lowest BCUT2D eigenvalue weighted by atomic mass is 9.88. The molecule has 7 heteroatoms. The number of hydrogen-bond acceptors (Lipinski definition) is 5. The van der Waals surface area contributed by atoms with E-state index < -0.39 is 24.6 Å². The molecule has 0 bridgehead atoms. The Labute approximate surface area is 180 Å². The molecule has 0 aliphatic heterocycles. The second-order valence-corrected chi connectivity index (χ2v) is 7.73. The van der Waals surface area contributed by atoms with Crippen LogP contribution in [0.15, 0.2) is 36.4 Å². The number of aliphatic carboxylic acids is 1. The van der Waals surface area contributed by atoms with Crippen LogP contribution < -0.4 is 9.84 Å². The number of aliphatic hydroxyl groups excluding tert-OH is 2. The van der Waals surface area contributed by atoms with Crippen molar-refractivity contribution in [2.45, 2.75) is 44.8 Å². The lowest BCUT2D eigenvalue weighted by molar-refractivity contribution is -0.307. The molecule has 0 aliphatic carbocycles. The molecule has 30 heavy (non-hydrogen) atoms. The van der Waals surface area contributed by atoms with E-state index in [4.69, 9.17) is 16.3 Å². The lowest BCUT2D eigenvalue weighted by Gasteiger charge is -2.20. The van der Waals surface area contributed by atoms with Crippen molar-refractivity contribution in [3.05, 3.63) is 58.4 Å². The molecule has 0 saturated carbocycles. The normalized spacial score (nSPS) is 13.6. The van der Waals surface area contributed by atoms with Gasteiger partial charge in [0.25, 0.3) is 0 Å². The number of methoxy groups -OCH3 is 1. The molecule has 2 aromatic rings. The molecule has 2 rings (SSSR count). The Morgan fingerprint density at radius 2 is 1.90 bits per heavy atom. The molecular weight excluding hydrogens is 411 g/mol. The highest BCUT2D eigenvalue weighted by molar-refractivity contribution is 6.32. The summed E-state index contributed by atoms with van der Waals surface area (Å²) in [6, 6.07) is 7.69. The number of ether oxygens (including phenoxy) is 1. The van der Waals surface area contributed by atoms with Gasteiger partial charge in [-0.3, -0.25) is 0 Å². The van der Waals surface area contributed by atoms with Crippen molar-refractivity contribution >= 4 is 23.6 Å². The van der Waals surface area contributed by atoms with Crippen molar-refractivity contribution in [1.82, 2.24) is 0 Å². The topological polar surface area (TPSA) is 89.8 Å². The van der Waals surface area contributed by atoms with Gasteiger partial charge in [0.1, 0.15) is 11.6 Å². The van der Waals surface area contributed by atoms with E-state index in [2.05, 4.69) is 0 Å². The minimum absolute atomic E-state index is 0.0769. The highest BCUT2D eigenvalue weighted by Crippen LogP contribution is 2.43. The first-order valence-electron chi connectivity index (χ1n) is 9.54. The fourth-order valence-corrected chi connectivity index (χ4v) is 3.56. The number of hydrogen-bond donors (Lipinski definition) is 2. The van der Waals surface area contributed by atoms with Crippen molar-refractivity contribution < 1.29 is 29.2 Å². The summed E-state index contributed by atoms with van der Waals surface area (Å²) in [5, 5.41) is 31.0. The Morgan fingerprint density at radius 3 is 2.43 bits per heavy atom. The minimum atomic E-state index is -1.39. The summed E-state index contributed by atoms with van der Waals surface area (Å²) in [6.45, 7) is 3.98. The number of carbonyl (C=O) groups is 1. The predicted octanol–water partition coefficient (Wildman–Crippen LogP) is 3.54. The van der Waals surface area contributed by atoms with Crippen molar-refractivity contribution in [1.29, 1.82) is 0 Å². The van der Waals surface area contributed by atoms with Crippen molar-refractivity contribution in [2.75, 3.05) is 7.11 Å². The van der Waals surface area contributed by atoms with Gasteiger partial charge in [-0.2, -0.15) is 0 Å². The molecule has 0 fully saturated rings. The van der Waals surface area contributed by atoms with Gasteiger partial charge in [0.15, 0.2) is 0 Å². The van der Waals surface area contributed by atoms with E-state index in [1.807, 2.05) is 13.8 Å². The van der Waals surface area contributed by atoms with E-state index in [0.29, 0.717) is 21.9 Å². The molecule has 162 valence electrons. The van der Waals surface area contributed by atoms with E-state index in [0.717, 1.165) is 11.1 Å². The number of aliphatic hydroxyl groups is 2. The highest BCUT2D eigenvalue weighted by atomic mass is 35.5. The summed E-state index contributed by atoms with van der Waals surface area (Å²) in [7, 11) is 1.49. The van der Waals surface area contributed by atoms with E-state index >= 15 is 0 Å². The fourth-order valence-electron chi connectivity index (χ4n) is 3.27. The maximum atomic E-state index is 13.5. The zero-order chi connectivity index (χ0) is 22.4. The van der Waals surface area contributed by atoms with Crippen LogP contribution in [0.4, 0.5) is 4.39 Å². The average molecular weight is 436 g/mol. The highest BCUT2D eigenvalue weighted by Gasteiger charge is 2.20. The van der Waals surface area contributed by atoms with Gasteiger partial charge in [0.05, 0.1) is 24.3 Å². The van der Waals surface area contributed by atoms with Crippen LogP contribution in [0, 0.1) is 5.82 Å².